The number of rotatable bonds is 5. The number of carboxylic acids is 1. The van der Waals surface area contributed by atoms with Gasteiger partial charge in [-0.05, 0) is 12.5 Å². The Labute approximate surface area is 136 Å². The second-order valence-electron chi connectivity index (χ2n) is 5.12. The monoisotopic (exact) mass is 329 g/mol. The largest absolute Gasteiger partial charge is 0.480 e. The molecule has 0 aliphatic carbocycles. The quantitative estimate of drug-likeness (QED) is 0.666. The second kappa shape index (κ2) is 6.31. The summed E-state index contributed by atoms with van der Waals surface area (Å²) in [7, 11) is 0. The van der Waals surface area contributed by atoms with Gasteiger partial charge in [-0.1, -0.05) is 30.3 Å². The number of aliphatic hydroxyl groups is 1. The summed E-state index contributed by atoms with van der Waals surface area (Å²) in [6, 6.07) is 8.61. The summed E-state index contributed by atoms with van der Waals surface area (Å²) < 4.78 is 0. The number of nitrogens with zero attached hydrogens (tertiary/aromatic N) is 2. The summed E-state index contributed by atoms with van der Waals surface area (Å²) in [6.07, 6.45) is 0.327. The number of aromatic nitrogens is 2. The highest BCUT2D eigenvalue weighted by atomic mass is 32.1. The van der Waals surface area contributed by atoms with E-state index in [0.29, 0.717) is 5.82 Å². The summed E-state index contributed by atoms with van der Waals surface area (Å²) in [5, 5.41) is 24.5. The van der Waals surface area contributed by atoms with Crippen LogP contribution in [0.4, 0.5) is 5.82 Å². The first kappa shape index (κ1) is 15.4. The summed E-state index contributed by atoms with van der Waals surface area (Å²) >= 11 is 1.47. The summed E-state index contributed by atoms with van der Waals surface area (Å²) in [5.74, 6) is -0.730. The van der Waals surface area contributed by atoms with Gasteiger partial charge in [-0.15, -0.1) is 11.3 Å². The first-order valence-electron chi connectivity index (χ1n) is 7.03. The Hall–Kier alpha value is -2.51. The van der Waals surface area contributed by atoms with Gasteiger partial charge < -0.3 is 15.5 Å². The molecule has 1 aromatic carbocycles. The minimum Gasteiger partial charge on any atom is -0.480 e. The zero-order chi connectivity index (χ0) is 16.4. The number of aliphatic hydroxyl groups excluding tert-OH is 1. The Morgan fingerprint density at radius 3 is 2.65 bits per heavy atom. The number of nitrogens with one attached hydrogen (secondary N) is 1. The van der Waals surface area contributed by atoms with Crippen molar-refractivity contribution in [3.05, 3.63) is 42.0 Å². The van der Waals surface area contributed by atoms with Crippen molar-refractivity contribution < 1.29 is 15.0 Å². The molecule has 2 atom stereocenters. The molecule has 0 amide bonds. The van der Waals surface area contributed by atoms with Crippen molar-refractivity contribution in [2.45, 2.75) is 19.1 Å². The third-order valence-corrected chi connectivity index (χ3v) is 4.38. The molecule has 0 aliphatic heterocycles. The summed E-state index contributed by atoms with van der Waals surface area (Å²) in [5.41, 5.74) is 1.93. The lowest BCUT2D eigenvalue weighted by Gasteiger charge is -2.18. The van der Waals surface area contributed by atoms with E-state index in [2.05, 4.69) is 15.3 Å². The Morgan fingerprint density at radius 1 is 1.26 bits per heavy atom. The molecule has 3 N–H and O–H groups in total. The second-order valence-corrected chi connectivity index (χ2v) is 5.98. The molecular weight excluding hydrogens is 314 g/mol. The molecule has 23 heavy (non-hydrogen) atoms. The zero-order valence-corrected chi connectivity index (χ0v) is 13.1. The number of thiophene rings is 1. The Balaban J connectivity index is 2.11. The van der Waals surface area contributed by atoms with Crippen LogP contribution < -0.4 is 5.32 Å². The molecule has 2 unspecified atom stereocenters. The predicted molar refractivity (Wildman–Crippen MR) is 89.6 cm³/mol. The van der Waals surface area contributed by atoms with Crippen LogP contribution in [0.25, 0.3) is 21.3 Å². The van der Waals surface area contributed by atoms with Gasteiger partial charge in [-0.3, -0.25) is 0 Å². The first-order valence-corrected chi connectivity index (χ1v) is 7.91. The fourth-order valence-electron chi connectivity index (χ4n) is 2.35. The lowest BCUT2D eigenvalue weighted by Crippen LogP contribution is -2.39. The standard InChI is InChI=1S/C16H15N3O3S/c1-9(20)13(16(21)22)19-14-12-11(10-5-3-2-4-6-10)7-23-15(12)18-8-17-14/h2-9,13,20H,1H3,(H,21,22)(H,17,18,19). The zero-order valence-electron chi connectivity index (χ0n) is 12.3. The number of fused-ring (bicyclic) bond motifs is 1. The highest BCUT2D eigenvalue weighted by molar-refractivity contribution is 7.17. The van der Waals surface area contributed by atoms with E-state index in [1.807, 2.05) is 35.7 Å². The fraction of sp³-hybridized carbons (Fsp3) is 0.188. The van der Waals surface area contributed by atoms with Gasteiger partial charge in [-0.2, -0.15) is 0 Å². The average molecular weight is 329 g/mol. The Bertz CT molecular complexity index is 833. The maximum Gasteiger partial charge on any atom is 0.328 e. The van der Waals surface area contributed by atoms with Crippen LogP contribution in [0.1, 0.15) is 6.92 Å². The third-order valence-electron chi connectivity index (χ3n) is 3.50. The van der Waals surface area contributed by atoms with E-state index in [0.717, 1.165) is 21.3 Å². The van der Waals surface area contributed by atoms with Crippen molar-refractivity contribution in [2.75, 3.05) is 5.32 Å². The van der Waals surface area contributed by atoms with Crippen molar-refractivity contribution in [1.82, 2.24) is 9.97 Å². The van der Waals surface area contributed by atoms with Gasteiger partial charge in [0.15, 0.2) is 6.04 Å². The van der Waals surface area contributed by atoms with Gasteiger partial charge in [0, 0.05) is 10.9 Å². The van der Waals surface area contributed by atoms with Crippen LogP contribution in [0.15, 0.2) is 42.0 Å². The van der Waals surface area contributed by atoms with Crippen LogP contribution in [-0.2, 0) is 4.79 Å². The van der Waals surface area contributed by atoms with Crippen molar-refractivity contribution in [3.8, 4) is 11.1 Å². The molecule has 0 saturated carbocycles. The molecule has 0 saturated heterocycles. The van der Waals surface area contributed by atoms with Crippen molar-refractivity contribution in [1.29, 1.82) is 0 Å². The molecule has 2 aromatic heterocycles. The number of carboxylic acid groups (broad SMARTS) is 1. The van der Waals surface area contributed by atoms with Crippen LogP contribution in [-0.4, -0.2) is 38.3 Å². The number of hydrogen-bond donors (Lipinski definition) is 3. The molecule has 118 valence electrons. The molecule has 7 heteroatoms. The highest BCUT2D eigenvalue weighted by Gasteiger charge is 2.25. The van der Waals surface area contributed by atoms with Gasteiger partial charge in [0.25, 0.3) is 0 Å². The van der Waals surface area contributed by atoms with E-state index < -0.39 is 18.1 Å². The molecule has 0 spiro atoms. The van der Waals surface area contributed by atoms with Gasteiger partial charge in [-0.25, -0.2) is 14.8 Å². The van der Waals surface area contributed by atoms with Crippen LogP contribution >= 0.6 is 11.3 Å². The molecular formula is C16H15N3O3S. The van der Waals surface area contributed by atoms with Gasteiger partial charge in [0.2, 0.25) is 0 Å². The Morgan fingerprint density at radius 2 is 2.00 bits per heavy atom. The number of hydrogen-bond acceptors (Lipinski definition) is 6. The van der Waals surface area contributed by atoms with E-state index in [1.54, 1.807) is 0 Å². The van der Waals surface area contributed by atoms with Crippen molar-refractivity contribution >= 4 is 33.3 Å². The van der Waals surface area contributed by atoms with Gasteiger partial charge >= 0.3 is 5.97 Å². The molecule has 6 nitrogen and oxygen atoms in total. The van der Waals surface area contributed by atoms with E-state index in [4.69, 9.17) is 0 Å². The van der Waals surface area contributed by atoms with Crippen LogP contribution in [0.3, 0.4) is 0 Å². The van der Waals surface area contributed by atoms with E-state index in [1.165, 1.54) is 24.6 Å². The number of carbonyl (C=O) groups is 1. The van der Waals surface area contributed by atoms with Gasteiger partial charge in [0.1, 0.15) is 17.0 Å². The van der Waals surface area contributed by atoms with E-state index in [9.17, 15) is 15.0 Å². The van der Waals surface area contributed by atoms with Crippen molar-refractivity contribution in [2.24, 2.45) is 0 Å². The molecule has 3 aromatic rings. The predicted octanol–water partition coefficient (Wildman–Crippen LogP) is 2.60. The molecule has 0 bridgehead atoms. The normalized spacial score (nSPS) is 13.7. The molecule has 2 heterocycles. The van der Waals surface area contributed by atoms with E-state index in [-0.39, 0.29) is 0 Å². The average Bonchev–Trinajstić information content (AvgIpc) is 2.97. The molecule has 0 radical (unpaired) electrons. The van der Waals surface area contributed by atoms with Crippen LogP contribution in [0.5, 0.6) is 0 Å². The van der Waals surface area contributed by atoms with Crippen LogP contribution in [0, 0.1) is 0 Å². The number of aliphatic carboxylic acids is 1. The molecule has 0 aliphatic rings. The smallest absolute Gasteiger partial charge is 0.328 e. The maximum absolute atomic E-state index is 11.3. The fourth-order valence-corrected chi connectivity index (χ4v) is 3.27. The summed E-state index contributed by atoms with van der Waals surface area (Å²) in [4.78, 5) is 20.5. The lowest BCUT2D eigenvalue weighted by molar-refractivity contribution is -0.140. The third kappa shape index (κ3) is 3.01. The van der Waals surface area contributed by atoms with Crippen LogP contribution in [0.2, 0.25) is 0 Å². The first-order chi connectivity index (χ1) is 11.1. The summed E-state index contributed by atoms with van der Waals surface area (Å²) in [6.45, 7) is 1.43. The Kier molecular flexibility index (Phi) is 4.22. The van der Waals surface area contributed by atoms with Crippen molar-refractivity contribution in [3.63, 3.8) is 0 Å². The number of anilines is 1. The highest BCUT2D eigenvalue weighted by Crippen LogP contribution is 2.36. The topological polar surface area (TPSA) is 95.3 Å². The minimum atomic E-state index is -1.14. The van der Waals surface area contributed by atoms with Gasteiger partial charge in [0.05, 0.1) is 11.5 Å². The lowest BCUT2D eigenvalue weighted by atomic mass is 10.1. The SMILES string of the molecule is CC(O)C(Nc1ncnc2scc(-c3ccccc3)c12)C(=O)O. The van der Waals surface area contributed by atoms with E-state index >= 15 is 0 Å². The molecule has 3 rings (SSSR count). The minimum absolute atomic E-state index is 0.406. The number of benzene rings is 1. The molecule has 0 fully saturated rings. The maximum atomic E-state index is 11.3.